The zero-order valence-corrected chi connectivity index (χ0v) is 13.7. The van der Waals surface area contributed by atoms with Crippen LogP contribution in [0, 0.1) is 0 Å². The molecule has 0 atom stereocenters. The van der Waals surface area contributed by atoms with Gasteiger partial charge in [0.2, 0.25) is 0 Å². The van der Waals surface area contributed by atoms with Crippen molar-refractivity contribution in [3.05, 3.63) is 11.5 Å². The van der Waals surface area contributed by atoms with E-state index in [0.717, 1.165) is 0 Å². The van der Waals surface area contributed by atoms with Gasteiger partial charge in [-0.15, -0.1) is 0 Å². The van der Waals surface area contributed by atoms with Crippen LogP contribution in [0.3, 0.4) is 0 Å². The quantitative estimate of drug-likeness (QED) is 0.711. The van der Waals surface area contributed by atoms with Gasteiger partial charge in [-0.05, 0) is 46.1 Å². The summed E-state index contributed by atoms with van der Waals surface area (Å²) < 4.78 is 12.0. The fourth-order valence-electron chi connectivity index (χ4n) is 1.59. The van der Waals surface area contributed by atoms with Crippen LogP contribution in [0.1, 0.15) is 34.6 Å². The van der Waals surface area contributed by atoms with Crippen LogP contribution >= 0.6 is 0 Å². The molecule has 0 N–H and O–H groups in total. The van der Waals surface area contributed by atoms with Crippen LogP contribution in [-0.2, 0) is 9.31 Å². The first-order valence-corrected chi connectivity index (χ1v) is 10.2. The molecule has 0 spiro atoms. The van der Waals surface area contributed by atoms with Gasteiger partial charge in [0.25, 0.3) is 0 Å². The molecule has 0 aromatic rings. The summed E-state index contributed by atoms with van der Waals surface area (Å²) in [6, 6.07) is 1.18. The Morgan fingerprint density at radius 2 is 1.47 bits per heavy atom. The zero-order valence-electron chi connectivity index (χ0n) is 12.7. The molecule has 0 amide bonds. The first kappa shape index (κ1) is 15.0. The Bertz CT molecular complexity index is 300. The van der Waals surface area contributed by atoms with Gasteiger partial charge in [0.15, 0.2) is 0 Å². The molecule has 1 saturated heterocycles. The van der Waals surface area contributed by atoms with Gasteiger partial charge in [-0.2, -0.15) is 0 Å². The highest BCUT2D eigenvalue weighted by molar-refractivity contribution is 6.76. The van der Waals surface area contributed by atoms with Crippen LogP contribution in [0.5, 0.6) is 0 Å². The Balaban J connectivity index is 2.72. The van der Waals surface area contributed by atoms with Gasteiger partial charge >= 0.3 is 7.12 Å². The molecule has 1 aliphatic heterocycles. The minimum Gasteiger partial charge on any atom is -0.400 e. The van der Waals surface area contributed by atoms with Crippen molar-refractivity contribution in [2.45, 2.75) is 71.5 Å². The summed E-state index contributed by atoms with van der Waals surface area (Å²) in [5, 5.41) is 0. The molecule has 0 aliphatic carbocycles. The molecule has 1 aliphatic rings. The standard InChI is InChI=1S/C13H27BO2Si/c1-11(9-10-17(6,7)8)14-15-12(2,3)13(4,5)16-14/h9H,10H2,1-8H3/b11-9+. The second-order valence-electron chi connectivity index (χ2n) is 7.30. The first-order chi connectivity index (χ1) is 7.45. The highest BCUT2D eigenvalue weighted by atomic mass is 28.3. The second-order valence-corrected chi connectivity index (χ2v) is 12.8. The van der Waals surface area contributed by atoms with Gasteiger partial charge in [0, 0.05) is 8.07 Å². The molecular weight excluding hydrogens is 227 g/mol. The van der Waals surface area contributed by atoms with E-state index in [-0.39, 0.29) is 18.3 Å². The van der Waals surface area contributed by atoms with E-state index in [1.54, 1.807) is 0 Å². The molecule has 4 heteroatoms. The van der Waals surface area contributed by atoms with E-state index in [0.29, 0.717) is 0 Å². The highest BCUT2D eigenvalue weighted by Crippen LogP contribution is 2.38. The Kier molecular flexibility index (Phi) is 4.02. The van der Waals surface area contributed by atoms with Crippen molar-refractivity contribution in [3.8, 4) is 0 Å². The second kappa shape index (κ2) is 4.56. The zero-order chi connectivity index (χ0) is 13.5. The molecule has 0 radical (unpaired) electrons. The summed E-state index contributed by atoms with van der Waals surface area (Å²) in [4.78, 5) is 0. The maximum Gasteiger partial charge on any atom is 0.489 e. The van der Waals surface area contributed by atoms with Crippen molar-refractivity contribution >= 4 is 15.2 Å². The lowest BCUT2D eigenvalue weighted by molar-refractivity contribution is 0.00578. The van der Waals surface area contributed by atoms with E-state index >= 15 is 0 Å². The molecule has 1 rings (SSSR count). The van der Waals surface area contributed by atoms with Crippen LogP contribution in [0.2, 0.25) is 25.7 Å². The molecule has 0 unspecified atom stereocenters. The van der Waals surface area contributed by atoms with Gasteiger partial charge in [0.1, 0.15) is 0 Å². The third-order valence-corrected chi connectivity index (χ3v) is 5.09. The lowest BCUT2D eigenvalue weighted by atomic mass is 9.79. The summed E-state index contributed by atoms with van der Waals surface area (Å²) in [5.74, 6) is 0. The van der Waals surface area contributed by atoms with Crippen molar-refractivity contribution < 1.29 is 9.31 Å². The average Bonchev–Trinajstić information content (AvgIpc) is 2.31. The van der Waals surface area contributed by atoms with Crippen molar-refractivity contribution in [1.29, 1.82) is 0 Å². The van der Waals surface area contributed by atoms with Crippen LogP contribution in [0.25, 0.3) is 0 Å². The van der Waals surface area contributed by atoms with Crippen LogP contribution in [0.4, 0.5) is 0 Å². The predicted molar refractivity (Wildman–Crippen MR) is 78.0 cm³/mol. The monoisotopic (exact) mass is 254 g/mol. The van der Waals surface area contributed by atoms with Crippen molar-refractivity contribution in [2.24, 2.45) is 0 Å². The summed E-state index contributed by atoms with van der Waals surface area (Å²) >= 11 is 0. The summed E-state index contributed by atoms with van der Waals surface area (Å²) in [7, 11) is -1.20. The topological polar surface area (TPSA) is 18.5 Å². The van der Waals surface area contributed by atoms with Gasteiger partial charge in [-0.1, -0.05) is 25.7 Å². The minimum absolute atomic E-state index is 0.170. The Morgan fingerprint density at radius 3 is 1.82 bits per heavy atom. The van der Waals surface area contributed by atoms with Crippen molar-refractivity contribution in [1.82, 2.24) is 0 Å². The molecule has 2 nitrogen and oxygen atoms in total. The third-order valence-electron chi connectivity index (χ3n) is 3.66. The summed E-state index contributed by atoms with van der Waals surface area (Å²) in [6.07, 6.45) is 2.30. The Morgan fingerprint density at radius 1 is 1.06 bits per heavy atom. The molecule has 1 fully saturated rings. The summed E-state index contributed by atoms with van der Waals surface area (Å²) in [6.45, 7) is 17.6. The molecule has 98 valence electrons. The lowest BCUT2D eigenvalue weighted by Gasteiger charge is -2.32. The first-order valence-electron chi connectivity index (χ1n) is 6.47. The third kappa shape index (κ3) is 3.70. The molecule has 0 saturated carbocycles. The minimum atomic E-state index is -1.03. The maximum absolute atomic E-state index is 6.02. The van der Waals surface area contributed by atoms with E-state index in [1.165, 1.54) is 11.5 Å². The van der Waals surface area contributed by atoms with Gasteiger partial charge < -0.3 is 9.31 Å². The lowest BCUT2D eigenvalue weighted by Crippen LogP contribution is -2.41. The smallest absolute Gasteiger partial charge is 0.400 e. The van der Waals surface area contributed by atoms with E-state index in [4.69, 9.17) is 9.31 Å². The van der Waals surface area contributed by atoms with E-state index < -0.39 is 8.07 Å². The molecule has 0 aromatic carbocycles. The van der Waals surface area contributed by atoms with E-state index in [2.05, 4.69) is 60.3 Å². The fourth-order valence-corrected chi connectivity index (χ4v) is 2.53. The fraction of sp³-hybridized carbons (Fsp3) is 0.846. The number of hydrogen-bond acceptors (Lipinski definition) is 2. The van der Waals surface area contributed by atoms with Crippen molar-refractivity contribution in [3.63, 3.8) is 0 Å². The number of allylic oxidation sites excluding steroid dienone is 2. The maximum atomic E-state index is 6.02. The van der Waals surface area contributed by atoms with E-state index in [9.17, 15) is 0 Å². The van der Waals surface area contributed by atoms with Crippen molar-refractivity contribution in [2.75, 3.05) is 0 Å². The number of hydrogen-bond donors (Lipinski definition) is 0. The normalized spacial score (nSPS) is 24.2. The van der Waals surface area contributed by atoms with Gasteiger partial charge in [-0.3, -0.25) is 0 Å². The number of rotatable bonds is 3. The molecule has 17 heavy (non-hydrogen) atoms. The molecule has 0 bridgehead atoms. The van der Waals surface area contributed by atoms with Crippen LogP contribution < -0.4 is 0 Å². The Hall–Kier alpha value is -0.0582. The molecule has 1 heterocycles. The molecule has 0 aromatic heterocycles. The largest absolute Gasteiger partial charge is 0.489 e. The molecular formula is C13H27BO2Si. The highest BCUT2D eigenvalue weighted by Gasteiger charge is 2.51. The van der Waals surface area contributed by atoms with Gasteiger partial charge in [0.05, 0.1) is 11.2 Å². The predicted octanol–water partition coefficient (Wildman–Crippen LogP) is 3.90. The SMILES string of the molecule is C/C(=C\C[Si](C)(C)C)B1OC(C)(C)C(C)(C)O1. The average molecular weight is 254 g/mol. The van der Waals surface area contributed by atoms with Crippen LogP contribution in [0.15, 0.2) is 11.5 Å². The summed E-state index contributed by atoms with van der Waals surface area (Å²) in [5.41, 5.74) is 0.753. The van der Waals surface area contributed by atoms with Crippen LogP contribution in [-0.4, -0.2) is 26.4 Å². The van der Waals surface area contributed by atoms with E-state index in [1.807, 2.05) is 0 Å². The van der Waals surface area contributed by atoms with Gasteiger partial charge in [-0.25, -0.2) is 0 Å². The Labute approximate surface area is 108 Å².